The van der Waals surface area contributed by atoms with Gasteiger partial charge in [0.15, 0.2) is 6.29 Å². The molecule has 0 bridgehead atoms. The lowest BCUT2D eigenvalue weighted by molar-refractivity contribution is -0.264. The molecule has 2 aliphatic rings. The number of rotatable bonds is 12. The number of benzene rings is 1. The van der Waals surface area contributed by atoms with E-state index < -0.39 is 14.6 Å². The van der Waals surface area contributed by atoms with E-state index in [4.69, 9.17) is 23.4 Å². The third-order valence-corrected chi connectivity index (χ3v) is 15.6. The number of allylic oxidation sites excluding steroid dienone is 1. The molecule has 1 aromatic carbocycles. The number of hydrogen-bond donors (Lipinski definition) is 1. The largest absolute Gasteiger partial charge is 0.497 e. The monoisotopic (exact) mass is 576 g/mol. The number of hydrogen-bond acceptors (Lipinski definition) is 6. The molecule has 1 aliphatic heterocycles. The SMILES string of the molecule is COc1ccc([C@H]2O[C@@H](CCO)[C@@H](C)[C@@H](/C(C)=C/[C@@H]3CC[C@@H](O[Si](C(C)C)(C(C)C)C(C)C)[C@H](OC)C3)O2)cc1. The highest BCUT2D eigenvalue weighted by molar-refractivity contribution is 6.77. The van der Waals surface area contributed by atoms with Crippen LogP contribution >= 0.6 is 0 Å². The summed E-state index contributed by atoms with van der Waals surface area (Å²) in [5.41, 5.74) is 3.86. The molecule has 1 saturated heterocycles. The first-order chi connectivity index (χ1) is 19.0. The second-order valence-corrected chi connectivity index (χ2v) is 18.3. The summed E-state index contributed by atoms with van der Waals surface area (Å²) in [5, 5.41) is 9.74. The second-order valence-electron chi connectivity index (χ2n) is 12.9. The van der Waals surface area contributed by atoms with Crippen LogP contribution in [0.2, 0.25) is 16.6 Å². The summed E-state index contributed by atoms with van der Waals surface area (Å²) in [6.07, 6.45) is 5.64. The van der Waals surface area contributed by atoms with Crippen molar-refractivity contribution >= 4 is 8.32 Å². The van der Waals surface area contributed by atoms with Crippen LogP contribution in [0.5, 0.6) is 5.75 Å². The van der Waals surface area contributed by atoms with Gasteiger partial charge in [-0.25, -0.2) is 0 Å². The van der Waals surface area contributed by atoms with Gasteiger partial charge in [0.25, 0.3) is 0 Å². The lowest BCUT2D eigenvalue weighted by Gasteiger charge is -2.47. The van der Waals surface area contributed by atoms with E-state index in [1.54, 1.807) is 7.11 Å². The zero-order chi connectivity index (χ0) is 29.6. The molecule has 0 spiro atoms. The van der Waals surface area contributed by atoms with E-state index in [2.05, 4.69) is 61.5 Å². The van der Waals surface area contributed by atoms with E-state index in [9.17, 15) is 5.11 Å². The van der Waals surface area contributed by atoms with Crippen LogP contribution in [0.15, 0.2) is 35.9 Å². The average Bonchev–Trinajstić information content (AvgIpc) is 2.92. The van der Waals surface area contributed by atoms with Crippen LogP contribution in [0.4, 0.5) is 0 Å². The maximum absolute atomic E-state index is 9.74. The van der Waals surface area contributed by atoms with Crippen molar-refractivity contribution in [1.82, 2.24) is 0 Å². The van der Waals surface area contributed by atoms with Gasteiger partial charge in [-0.2, -0.15) is 0 Å². The average molecular weight is 577 g/mol. The predicted molar refractivity (Wildman–Crippen MR) is 164 cm³/mol. The summed E-state index contributed by atoms with van der Waals surface area (Å²) in [7, 11) is 1.52. The third-order valence-electron chi connectivity index (χ3n) is 9.52. The van der Waals surface area contributed by atoms with Crippen molar-refractivity contribution in [3.63, 3.8) is 0 Å². The first kappa shape index (κ1) is 33.3. The molecule has 1 N–H and O–H groups in total. The Balaban J connectivity index is 1.77. The zero-order valence-corrected chi connectivity index (χ0v) is 27.7. The molecule has 1 heterocycles. The topological polar surface area (TPSA) is 66.4 Å². The van der Waals surface area contributed by atoms with E-state index >= 15 is 0 Å². The lowest BCUT2D eigenvalue weighted by atomic mass is 9.82. The molecule has 2 fully saturated rings. The van der Waals surface area contributed by atoms with Crippen molar-refractivity contribution in [3.8, 4) is 5.75 Å². The summed E-state index contributed by atoms with van der Waals surface area (Å²) in [6, 6.07) is 7.84. The van der Waals surface area contributed by atoms with Gasteiger partial charge < -0.3 is 28.5 Å². The fourth-order valence-electron chi connectivity index (χ4n) is 7.47. The van der Waals surface area contributed by atoms with Gasteiger partial charge in [-0.15, -0.1) is 0 Å². The normalized spacial score (nSPS) is 30.4. The maximum atomic E-state index is 9.74. The minimum atomic E-state index is -1.98. The summed E-state index contributed by atoms with van der Waals surface area (Å²) in [4.78, 5) is 0. The molecule has 7 heteroatoms. The summed E-state index contributed by atoms with van der Waals surface area (Å²) in [6.45, 7) is 18.6. The Bertz CT molecular complexity index is 908. The lowest BCUT2D eigenvalue weighted by Crippen LogP contribution is -2.53. The Morgan fingerprint density at radius 3 is 2.12 bits per heavy atom. The zero-order valence-electron chi connectivity index (χ0n) is 26.7. The van der Waals surface area contributed by atoms with Crippen LogP contribution < -0.4 is 4.74 Å². The van der Waals surface area contributed by atoms with Crippen LogP contribution in [0.25, 0.3) is 0 Å². The fraction of sp³-hybridized carbons (Fsp3) is 0.758. The van der Waals surface area contributed by atoms with E-state index in [0.29, 0.717) is 29.0 Å². The van der Waals surface area contributed by atoms with Crippen molar-refractivity contribution in [1.29, 1.82) is 0 Å². The molecule has 1 aromatic rings. The van der Waals surface area contributed by atoms with Gasteiger partial charge >= 0.3 is 0 Å². The Labute approximate surface area is 244 Å². The van der Waals surface area contributed by atoms with Gasteiger partial charge in [0.1, 0.15) is 5.75 Å². The molecular formula is C33H56O6Si. The first-order valence-corrected chi connectivity index (χ1v) is 17.6. The fourth-order valence-corrected chi connectivity index (χ4v) is 13.1. The quantitative estimate of drug-likeness (QED) is 0.202. The number of aliphatic hydroxyl groups is 1. The van der Waals surface area contributed by atoms with E-state index in [1.807, 2.05) is 31.4 Å². The molecule has 40 heavy (non-hydrogen) atoms. The number of aliphatic hydroxyl groups excluding tert-OH is 1. The maximum Gasteiger partial charge on any atom is 0.200 e. The highest BCUT2D eigenvalue weighted by Crippen LogP contribution is 2.45. The van der Waals surface area contributed by atoms with E-state index in [0.717, 1.165) is 30.6 Å². The highest BCUT2D eigenvalue weighted by Gasteiger charge is 2.48. The molecule has 0 radical (unpaired) electrons. The molecule has 1 saturated carbocycles. The molecule has 0 amide bonds. The molecule has 6 nitrogen and oxygen atoms in total. The van der Waals surface area contributed by atoms with Crippen molar-refractivity contribution in [3.05, 3.63) is 41.5 Å². The van der Waals surface area contributed by atoms with Crippen molar-refractivity contribution in [2.45, 2.75) is 128 Å². The van der Waals surface area contributed by atoms with Gasteiger partial charge in [0.05, 0.1) is 31.5 Å². The highest BCUT2D eigenvalue weighted by atomic mass is 28.4. The molecule has 228 valence electrons. The predicted octanol–water partition coefficient (Wildman–Crippen LogP) is 7.82. The van der Waals surface area contributed by atoms with Gasteiger partial charge in [-0.3, -0.25) is 0 Å². The summed E-state index contributed by atoms with van der Waals surface area (Å²) in [5.74, 6) is 1.34. The molecule has 3 rings (SSSR count). The second kappa shape index (κ2) is 14.8. The van der Waals surface area contributed by atoms with Crippen LogP contribution in [0.1, 0.15) is 92.9 Å². The van der Waals surface area contributed by atoms with Gasteiger partial charge in [-0.1, -0.05) is 66.7 Å². The van der Waals surface area contributed by atoms with Crippen molar-refractivity contribution in [2.75, 3.05) is 20.8 Å². The molecule has 1 aliphatic carbocycles. The minimum absolute atomic E-state index is 0.0868. The Hall–Kier alpha value is -1.22. The first-order valence-electron chi connectivity index (χ1n) is 15.4. The molecular weight excluding hydrogens is 520 g/mol. The molecule has 7 atom stereocenters. The summed E-state index contributed by atoms with van der Waals surface area (Å²) >= 11 is 0. The van der Waals surface area contributed by atoms with Crippen molar-refractivity contribution in [2.24, 2.45) is 11.8 Å². The van der Waals surface area contributed by atoms with Crippen molar-refractivity contribution < 1.29 is 28.5 Å². The molecule has 0 unspecified atom stereocenters. The summed E-state index contributed by atoms with van der Waals surface area (Å²) < 4.78 is 31.5. The van der Waals surface area contributed by atoms with Crippen LogP contribution in [0.3, 0.4) is 0 Å². The number of ether oxygens (including phenoxy) is 4. The van der Waals surface area contributed by atoms with Gasteiger partial charge in [0.2, 0.25) is 8.32 Å². The molecule has 0 aromatic heterocycles. The Morgan fingerprint density at radius 2 is 1.60 bits per heavy atom. The Morgan fingerprint density at radius 1 is 0.975 bits per heavy atom. The van der Waals surface area contributed by atoms with Crippen LogP contribution in [-0.2, 0) is 18.6 Å². The van der Waals surface area contributed by atoms with E-state index in [1.165, 1.54) is 5.57 Å². The van der Waals surface area contributed by atoms with E-state index in [-0.39, 0.29) is 36.9 Å². The van der Waals surface area contributed by atoms with Crippen LogP contribution in [-0.4, -0.2) is 58.7 Å². The van der Waals surface area contributed by atoms with Gasteiger partial charge in [0, 0.05) is 25.2 Å². The minimum Gasteiger partial charge on any atom is -0.497 e. The van der Waals surface area contributed by atoms with Crippen LogP contribution in [0, 0.1) is 11.8 Å². The third kappa shape index (κ3) is 7.40. The Kier molecular flexibility index (Phi) is 12.3. The van der Waals surface area contributed by atoms with Gasteiger partial charge in [-0.05, 0) is 72.9 Å². The number of methoxy groups -OCH3 is 2. The smallest absolute Gasteiger partial charge is 0.200 e. The standard InChI is InChI=1S/C33H56O6Si/c1-21(2)40(22(3)4,23(5)6)39-30-16-11-26(20-31(30)36-10)19-24(7)32-25(8)29(17-18-34)37-33(38-32)27-12-14-28(35-9)15-13-27/h12-15,19,21-23,25-26,29-34H,11,16-18,20H2,1-10H3/b24-19+/t25-,26+,29+,30-,31-,32-,33+/m1/s1.